The molecule has 1 aliphatic rings. The van der Waals surface area contributed by atoms with E-state index in [0.717, 1.165) is 64.9 Å². The van der Waals surface area contributed by atoms with Crippen LogP contribution in [0.25, 0.3) is 95.8 Å². The number of nitrogens with zero attached hydrogens (tertiary/aromatic N) is 4. The van der Waals surface area contributed by atoms with Gasteiger partial charge in [-0.05, 0) is 110 Å². The number of para-hydroxylation sites is 2. The van der Waals surface area contributed by atoms with E-state index in [2.05, 4.69) is 131 Å². The highest BCUT2D eigenvalue weighted by Crippen LogP contribution is 2.44. The molecule has 0 unspecified atom stereocenters. The Morgan fingerprint density at radius 2 is 0.819 bits per heavy atom. The Balaban J connectivity index is 0.000000121. The molecule has 0 aliphatic carbocycles. The molecule has 8 aromatic carbocycles. The number of nitriles is 2. The molecular weight excluding hydrogens is 943 g/mol. The second kappa shape index (κ2) is 19.1. The summed E-state index contributed by atoms with van der Waals surface area (Å²) in [5, 5.41) is 23.3. The third kappa shape index (κ3) is 8.77. The van der Waals surface area contributed by atoms with Gasteiger partial charge in [-0.2, -0.15) is 10.5 Å². The van der Waals surface area contributed by atoms with Gasteiger partial charge in [-0.3, -0.25) is 0 Å². The van der Waals surface area contributed by atoms with Gasteiger partial charge in [0.25, 0.3) is 0 Å². The maximum atomic E-state index is 9.03. The number of aromatic nitrogens is 2. The molecule has 1 aliphatic heterocycles. The largest absolute Gasteiger partial charge is 0.494 e. The molecule has 0 spiro atoms. The van der Waals surface area contributed by atoms with Gasteiger partial charge in [0.2, 0.25) is 0 Å². The smallest absolute Gasteiger partial charge is 0.399 e. The van der Waals surface area contributed by atoms with Crippen molar-refractivity contribution in [2.24, 2.45) is 0 Å². The summed E-state index contributed by atoms with van der Waals surface area (Å²) in [6.07, 6.45) is 0. The first kappa shape index (κ1) is 46.6. The van der Waals surface area contributed by atoms with E-state index in [-0.39, 0.29) is 18.3 Å². The SMILES string of the molecule is CC1(C)OB(c2ccc(-c3ccc(C#N)cc3)cc2)OC1(C)C.Clc1c2ccccc2nc2c1sc1ccccc12.N#Cc1ccc(-c2ccc(-c3c4ccccc4nc4c3sc3ccccc34)cc2)cc1. The number of rotatable bonds is 4. The fourth-order valence-corrected chi connectivity index (χ4v) is 11.7. The highest BCUT2D eigenvalue weighted by atomic mass is 35.5. The summed E-state index contributed by atoms with van der Waals surface area (Å²) in [6.45, 7) is 8.21. The maximum Gasteiger partial charge on any atom is 0.494 e. The van der Waals surface area contributed by atoms with Crippen molar-refractivity contribution in [3.05, 3.63) is 210 Å². The molecule has 0 atom stereocenters. The molecule has 1 saturated heterocycles. The van der Waals surface area contributed by atoms with Crippen LogP contribution in [0.1, 0.15) is 38.8 Å². The normalized spacial score (nSPS) is 13.7. The lowest BCUT2D eigenvalue weighted by Gasteiger charge is -2.32. The van der Waals surface area contributed by atoms with Gasteiger partial charge in [0.05, 0.1) is 71.0 Å². The van der Waals surface area contributed by atoms with Crippen molar-refractivity contribution in [1.82, 2.24) is 9.97 Å². The summed E-state index contributed by atoms with van der Waals surface area (Å²) in [5.74, 6) is 0. The number of hydrogen-bond acceptors (Lipinski definition) is 8. The van der Waals surface area contributed by atoms with Crippen LogP contribution in [0.3, 0.4) is 0 Å². The average molecular weight is 987 g/mol. The van der Waals surface area contributed by atoms with Crippen molar-refractivity contribution in [2.75, 3.05) is 0 Å². The van der Waals surface area contributed by atoms with Crippen LogP contribution in [0.4, 0.5) is 0 Å². The second-order valence-electron chi connectivity index (χ2n) is 18.7. The predicted molar refractivity (Wildman–Crippen MR) is 302 cm³/mol. The van der Waals surface area contributed by atoms with Gasteiger partial charge in [0.1, 0.15) is 0 Å². The van der Waals surface area contributed by atoms with Crippen LogP contribution < -0.4 is 5.46 Å². The molecule has 1 fully saturated rings. The zero-order chi connectivity index (χ0) is 49.6. The molecule has 4 aromatic heterocycles. The second-order valence-corrected chi connectivity index (χ2v) is 21.1. The minimum Gasteiger partial charge on any atom is -0.399 e. The summed E-state index contributed by atoms with van der Waals surface area (Å²) in [4.78, 5) is 9.77. The lowest BCUT2D eigenvalue weighted by Crippen LogP contribution is -2.41. The topological polar surface area (TPSA) is 91.8 Å². The molecule has 12 aromatic rings. The van der Waals surface area contributed by atoms with Crippen LogP contribution in [0.15, 0.2) is 194 Å². The molecule has 5 heterocycles. The van der Waals surface area contributed by atoms with Crippen LogP contribution in [0.5, 0.6) is 0 Å². The Hall–Kier alpha value is -7.73. The number of benzene rings is 8. The molecule has 0 N–H and O–H groups in total. The number of fused-ring (bicyclic) bond motifs is 8. The molecule has 0 bridgehead atoms. The van der Waals surface area contributed by atoms with Crippen LogP contribution in [0.2, 0.25) is 5.02 Å². The Bertz CT molecular complexity index is 4070. The van der Waals surface area contributed by atoms with Gasteiger partial charge < -0.3 is 9.31 Å². The van der Waals surface area contributed by atoms with Crippen molar-refractivity contribution in [2.45, 2.75) is 38.9 Å². The zero-order valence-electron chi connectivity index (χ0n) is 39.9. The van der Waals surface area contributed by atoms with Gasteiger partial charge in [-0.25, -0.2) is 9.97 Å². The lowest BCUT2D eigenvalue weighted by molar-refractivity contribution is 0.00578. The van der Waals surface area contributed by atoms with Crippen molar-refractivity contribution < 1.29 is 9.31 Å². The van der Waals surface area contributed by atoms with E-state index >= 15 is 0 Å². The first-order chi connectivity index (χ1) is 35.0. The molecule has 0 saturated carbocycles. The van der Waals surface area contributed by atoms with Crippen LogP contribution in [-0.4, -0.2) is 28.3 Å². The van der Waals surface area contributed by atoms with Crippen molar-refractivity contribution in [3.63, 3.8) is 0 Å². The first-order valence-electron chi connectivity index (χ1n) is 23.6. The molecule has 346 valence electrons. The summed E-state index contributed by atoms with van der Waals surface area (Å²) in [5.41, 5.74) is 12.6. The van der Waals surface area contributed by atoms with E-state index in [1.165, 1.54) is 41.4 Å². The van der Waals surface area contributed by atoms with E-state index in [0.29, 0.717) is 11.1 Å². The van der Waals surface area contributed by atoms with Gasteiger partial charge in [-0.1, -0.05) is 157 Å². The Kier molecular flexibility index (Phi) is 12.4. The third-order valence-corrected chi connectivity index (χ3v) is 16.5. The van der Waals surface area contributed by atoms with Gasteiger partial charge in [-0.15, -0.1) is 22.7 Å². The molecule has 72 heavy (non-hydrogen) atoms. The number of thiophene rings is 2. The fraction of sp³-hybridized carbons (Fsp3) is 0.0968. The van der Waals surface area contributed by atoms with E-state index in [9.17, 15) is 0 Å². The van der Waals surface area contributed by atoms with E-state index in [1.807, 2.05) is 114 Å². The Morgan fingerprint density at radius 1 is 0.444 bits per heavy atom. The summed E-state index contributed by atoms with van der Waals surface area (Å²) >= 11 is 10.0. The van der Waals surface area contributed by atoms with E-state index in [1.54, 1.807) is 11.3 Å². The summed E-state index contributed by atoms with van der Waals surface area (Å²) in [7, 11) is -0.338. The summed E-state index contributed by atoms with van der Waals surface area (Å²) < 4.78 is 16.9. The maximum absolute atomic E-state index is 9.03. The predicted octanol–water partition coefficient (Wildman–Crippen LogP) is 16.6. The molecule has 6 nitrogen and oxygen atoms in total. The van der Waals surface area contributed by atoms with Crippen molar-refractivity contribution in [1.29, 1.82) is 10.5 Å². The van der Waals surface area contributed by atoms with E-state index in [4.69, 9.17) is 41.4 Å². The lowest BCUT2D eigenvalue weighted by atomic mass is 9.78. The highest BCUT2D eigenvalue weighted by Gasteiger charge is 2.51. The zero-order valence-corrected chi connectivity index (χ0v) is 42.2. The number of pyridine rings is 2. The van der Waals surface area contributed by atoms with Crippen molar-refractivity contribution >= 4 is 109 Å². The average Bonchev–Trinajstić information content (AvgIpc) is 4.06. The molecule has 0 amide bonds. The quantitative estimate of drug-likeness (QED) is 0.163. The van der Waals surface area contributed by atoms with E-state index < -0.39 is 0 Å². The minimum absolute atomic E-state index is 0.330. The number of halogens is 1. The fourth-order valence-electron chi connectivity index (χ4n) is 9.03. The van der Waals surface area contributed by atoms with Gasteiger partial charge in [0.15, 0.2) is 0 Å². The Labute approximate surface area is 431 Å². The monoisotopic (exact) mass is 986 g/mol. The van der Waals surface area contributed by atoms with Crippen LogP contribution in [0, 0.1) is 22.7 Å². The number of hydrogen-bond donors (Lipinski definition) is 0. The van der Waals surface area contributed by atoms with Crippen molar-refractivity contribution in [3.8, 4) is 45.5 Å². The van der Waals surface area contributed by atoms with Crippen LogP contribution >= 0.6 is 34.3 Å². The summed E-state index contributed by atoms with van der Waals surface area (Å²) in [6, 6.07) is 69.7. The minimum atomic E-state index is -0.338. The Morgan fingerprint density at radius 3 is 1.32 bits per heavy atom. The molecular formula is C62H44BClN4O2S2. The molecule has 10 heteroatoms. The molecule has 0 radical (unpaired) electrons. The molecule has 13 rings (SSSR count). The third-order valence-electron chi connectivity index (χ3n) is 13.6. The standard InChI is InChI=1S/C28H16N2S.C19H20BNO2.C15H8ClNS/c29-17-18-9-11-19(12-10-18)20-13-15-21(16-14-20)26-22-5-1-3-7-24(22)30-27-23-6-2-4-8-25(23)31-28(26)27;1-18(2)19(3,4)23-20(22-18)17-11-9-16(10-12-17)15-7-5-14(13-21)6-8-15;16-13-9-5-1-3-7-11(9)17-14-10-6-2-4-8-12(10)18-15(13)14/h1-16H;5-12H,1-4H3;1-8H. The van der Waals surface area contributed by atoms with Gasteiger partial charge in [0, 0.05) is 36.5 Å². The highest BCUT2D eigenvalue weighted by molar-refractivity contribution is 7.26. The van der Waals surface area contributed by atoms with Crippen LogP contribution in [-0.2, 0) is 9.31 Å². The first-order valence-corrected chi connectivity index (χ1v) is 25.6. The van der Waals surface area contributed by atoms with Gasteiger partial charge >= 0.3 is 7.12 Å².